The first-order chi connectivity index (χ1) is 14.5. The number of H-pyrrole nitrogens is 1. The Hall–Kier alpha value is -4.27. The molecule has 0 atom stereocenters. The number of carbonyl (C=O) groups is 1. The lowest BCUT2D eigenvalue weighted by Gasteiger charge is -2.09. The Morgan fingerprint density at radius 2 is 1.77 bits per heavy atom. The average molecular weight is 404 g/mol. The smallest absolute Gasteiger partial charge is 0.308 e. The Labute approximate surface area is 170 Å². The van der Waals surface area contributed by atoms with Crippen LogP contribution in [0.15, 0.2) is 71.5 Å². The number of aromatic nitrogens is 4. The van der Waals surface area contributed by atoms with E-state index in [9.17, 15) is 14.0 Å². The van der Waals surface area contributed by atoms with Gasteiger partial charge in [-0.3, -0.25) is 15.1 Å². The number of carbonyl (C=O) groups excluding carboxylic acids is 1. The van der Waals surface area contributed by atoms with Crippen LogP contribution in [0.25, 0.3) is 17.2 Å². The molecule has 0 aliphatic carbocycles. The van der Waals surface area contributed by atoms with Crippen molar-refractivity contribution in [1.29, 1.82) is 0 Å². The highest BCUT2D eigenvalue weighted by Crippen LogP contribution is 2.23. The van der Waals surface area contributed by atoms with E-state index in [1.807, 2.05) is 30.3 Å². The zero-order valence-corrected chi connectivity index (χ0v) is 15.9. The van der Waals surface area contributed by atoms with E-state index < -0.39 is 11.8 Å². The molecule has 2 aromatic carbocycles. The molecule has 2 heterocycles. The molecule has 0 radical (unpaired) electrons. The third kappa shape index (κ3) is 4.25. The maximum atomic E-state index is 13.1. The molecule has 150 valence electrons. The van der Waals surface area contributed by atoms with Gasteiger partial charge in [0.2, 0.25) is 5.95 Å². The van der Waals surface area contributed by atoms with Gasteiger partial charge in [-0.1, -0.05) is 30.3 Å². The van der Waals surface area contributed by atoms with Crippen molar-refractivity contribution in [3.05, 3.63) is 88.6 Å². The maximum Gasteiger partial charge on any atom is 0.324 e. The quantitative estimate of drug-likeness (QED) is 0.482. The maximum absolute atomic E-state index is 13.1. The number of halogens is 1. The van der Waals surface area contributed by atoms with Gasteiger partial charge in [-0.15, -0.1) is 0 Å². The van der Waals surface area contributed by atoms with Gasteiger partial charge < -0.3 is 5.32 Å². The van der Waals surface area contributed by atoms with Gasteiger partial charge >= 0.3 is 6.03 Å². The summed E-state index contributed by atoms with van der Waals surface area (Å²) in [5, 5.41) is 9.81. The minimum absolute atomic E-state index is 0.166. The number of aromatic amines is 1. The molecular weight excluding hydrogens is 387 g/mol. The number of hydrogen-bond donors (Lipinski definition) is 3. The van der Waals surface area contributed by atoms with Gasteiger partial charge in [0.05, 0.1) is 5.69 Å². The van der Waals surface area contributed by atoms with Gasteiger partial charge in [-0.25, -0.2) is 14.2 Å². The van der Waals surface area contributed by atoms with Crippen LogP contribution in [0.3, 0.4) is 0 Å². The van der Waals surface area contributed by atoms with Crippen molar-refractivity contribution < 1.29 is 9.18 Å². The Bertz CT molecular complexity index is 1250. The highest BCUT2D eigenvalue weighted by molar-refractivity contribution is 5.99. The fourth-order valence-corrected chi connectivity index (χ4v) is 2.86. The molecule has 0 fully saturated rings. The lowest BCUT2D eigenvalue weighted by atomic mass is 10.2. The third-order valence-corrected chi connectivity index (χ3v) is 4.18. The van der Waals surface area contributed by atoms with Crippen LogP contribution in [0.1, 0.15) is 5.69 Å². The lowest BCUT2D eigenvalue weighted by Crippen LogP contribution is -2.22. The van der Waals surface area contributed by atoms with Crippen molar-refractivity contribution in [2.24, 2.45) is 0 Å². The molecule has 4 aromatic rings. The lowest BCUT2D eigenvalue weighted by molar-refractivity contribution is 0.262. The summed E-state index contributed by atoms with van der Waals surface area (Å²) in [7, 11) is 0. The van der Waals surface area contributed by atoms with Crippen LogP contribution in [0.5, 0.6) is 0 Å². The van der Waals surface area contributed by atoms with Crippen molar-refractivity contribution in [2.75, 3.05) is 10.6 Å². The molecule has 0 aliphatic rings. The molecular formula is C21H17FN6O2. The van der Waals surface area contributed by atoms with E-state index in [0.29, 0.717) is 22.9 Å². The summed E-state index contributed by atoms with van der Waals surface area (Å²) in [5.74, 6) is 0.0579. The second kappa shape index (κ2) is 8.00. The highest BCUT2D eigenvalue weighted by Gasteiger charge is 2.16. The summed E-state index contributed by atoms with van der Waals surface area (Å²) in [4.78, 5) is 31.3. The number of aryl methyl sites for hydroxylation is 1. The van der Waals surface area contributed by atoms with Crippen LogP contribution in [0, 0.1) is 12.7 Å². The topological polar surface area (TPSA) is 105 Å². The van der Waals surface area contributed by atoms with Crippen molar-refractivity contribution in [3.63, 3.8) is 0 Å². The molecule has 0 spiro atoms. The second-order valence-corrected chi connectivity index (χ2v) is 6.49. The molecule has 2 amide bonds. The van der Waals surface area contributed by atoms with Gasteiger partial charge in [0.25, 0.3) is 5.56 Å². The summed E-state index contributed by atoms with van der Waals surface area (Å²) in [6.45, 7) is 1.69. The molecule has 0 aliphatic heterocycles. The van der Waals surface area contributed by atoms with Gasteiger partial charge in [0, 0.05) is 29.1 Å². The Morgan fingerprint density at radius 1 is 1.03 bits per heavy atom. The molecule has 9 heteroatoms. The Kier molecular flexibility index (Phi) is 5.08. The van der Waals surface area contributed by atoms with Crippen molar-refractivity contribution in [2.45, 2.75) is 6.92 Å². The number of amides is 2. The van der Waals surface area contributed by atoms with Crippen LogP contribution in [0.4, 0.5) is 20.7 Å². The monoisotopic (exact) mass is 404 g/mol. The normalized spacial score (nSPS) is 10.6. The predicted molar refractivity (Wildman–Crippen MR) is 111 cm³/mol. The van der Waals surface area contributed by atoms with Crippen molar-refractivity contribution in [3.8, 4) is 17.2 Å². The fraction of sp³-hybridized carbons (Fsp3) is 0.0476. The Balaban J connectivity index is 1.69. The number of anilines is 2. The number of nitrogens with one attached hydrogen (secondary N) is 3. The van der Waals surface area contributed by atoms with Crippen LogP contribution in [0.2, 0.25) is 0 Å². The number of nitrogens with zero attached hydrogens (tertiary/aromatic N) is 3. The van der Waals surface area contributed by atoms with Crippen LogP contribution < -0.4 is 16.2 Å². The fourth-order valence-electron chi connectivity index (χ4n) is 2.86. The van der Waals surface area contributed by atoms with E-state index in [4.69, 9.17) is 0 Å². The molecule has 3 N–H and O–H groups in total. The minimum atomic E-state index is -0.558. The summed E-state index contributed by atoms with van der Waals surface area (Å²) >= 11 is 0. The van der Waals surface area contributed by atoms with Crippen LogP contribution >= 0.6 is 0 Å². The van der Waals surface area contributed by atoms with Crippen LogP contribution in [-0.2, 0) is 0 Å². The SMILES string of the molecule is Cc1cc(=O)[nH]c(-n2nc(-c3ccccc3)cc2NC(=O)Nc2ccc(F)cc2)n1. The predicted octanol–water partition coefficient (Wildman–Crippen LogP) is 3.71. The standard InChI is InChI=1S/C21H17FN6O2/c1-13-11-19(29)26-20(23-13)28-18(12-17(27-28)14-5-3-2-4-6-14)25-21(30)24-16-9-7-15(22)8-10-16/h2-12H,1H3,(H,23,26,29)(H2,24,25,30). The number of benzene rings is 2. The third-order valence-electron chi connectivity index (χ3n) is 4.18. The first kappa shape index (κ1) is 19.1. The summed E-state index contributed by atoms with van der Waals surface area (Å²) in [6, 6.07) is 17.2. The first-order valence-electron chi connectivity index (χ1n) is 9.05. The van der Waals surface area contributed by atoms with Gasteiger partial charge in [0.15, 0.2) is 0 Å². The van der Waals surface area contributed by atoms with Gasteiger partial charge in [-0.2, -0.15) is 9.78 Å². The molecule has 2 aromatic heterocycles. The van der Waals surface area contributed by atoms with Crippen molar-refractivity contribution >= 4 is 17.5 Å². The second-order valence-electron chi connectivity index (χ2n) is 6.49. The van der Waals surface area contributed by atoms with Crippen molar-refractivity contribution in [1.82, 2.24) is 19.7 Å². The van der Waals surface area contributed by atoms with Crippen LogP contribution in [-0.4, -0.2) is 25.8 Å². The minimum Gasteiger partial charge on any atom is -0.308 e. The Morgan fingerprint density at radius 3 is 2.47 bits per heavy atom. The molecule has 4 rings (SSSR count). The number of rotatable bonds is 4. The van der Waals surface area contributed by atoms with Gasteiger partial charge in [-0.05, 0) is 31.2 Å². The van der Waals surface area contributed by atoms with E-state index in [0.717, 1.165) is 5.56 Å². The number of hydrogen-bond acceptors (Lipinski definition) is 4. The summed E-state index contributed by atoms with van der Waals surface area (Å²) < 4.78 is 14.4. The van der Waals surface area contributed by atoms with E-state index in [1.165, 1.54) is 35.0 Å². The molecule has 0 saturated carbocycles. The van der Waals surface area contributed by atoms with Gasteiger partial charge in [0.1, 0.15) is 11.6 Å². The largest absolute Gasteiger partial charge is 0.324 e. The summed E-state index contributed by atoms with van der Waals surface area (Å²) in [5.41, 5.74) is 2.00. The van der Waals surface area contributed by atoms with E-state index >= 15 is 0 Å². The highest BCUT2D eigenvalue weighted by atomic mass is 19.1. The summed E-state index contributed by atoms with van der Waals surface area (Å²) in [6.07, 6.45) is 0. The molecule has 30 heavy (non-hydrogen) atoms. The zero-order valence-electron chi connectivity index (χ0n) is 15.9. The molecule has 0 saturated heterocycles. The molecule has 0 unspecified atom stereocenters. The number of urea groups is 1. The van der Waals surface area contributed by atoms with E-state index in [1.54, 1.807) is 13.0 Å². The molecule has 0 bridgehead atoms. The molecule has 8 nitrogen and oxygen atoms in total. The van der Waals surface area contributed by atoms with E-state index in [2.05, 4.69) is 25.7 Å². The van der Waals surface area contributed by atoms with E-state index in [-0.39, 0.29) is 11.5 Å². The first-order valence-corrected chi connectivity index (χ1v) is 9.05. The zero-order chi connectivity index (χ0) is 21.1. The average Bonchev–Trinajstić information content (AvgIpc) is 3.13.